The fourth-order valence-electron chi connectivity index (χ4n) is 2.16. The fourth-order valence-corrected chi connectivity index (χ4v) is 2.16. The highest BCUT2D eigenvalue weighted by Gasteiger charge is 2.16. The van der Waals surface area contributed by atoms with E-state index in [4.69, 9.17) is 4.74 Å². The molecular weight excluding hydrogens is 280 g/mol. The predicted molar refractivity (Wildman–Crippen MR) is 86.2 cm³/mol. The number of para-hydroxylation sites is 2. The number of benzene rings is 2. The highest BCUT2D eigenvalue weighted by atomic mass is 16.5. The largest absolute Gasteiger partial charge is 0.495 e. The Balaban J connectivity index is 2.07. The maximum Gasteiger partial charge on any atom is 0.314 e. The first-order valence-electron chi connectivity index (χ1n) is 6.83. The summed E-state index contributed by atoms with van der Waals surface area (Å²) in [7, 11) is 1.50. The number of aryl methyl sites for hydroxylation is 2. The van der Waals surface area contributed by atoms with Crippen LogP contribution in [0.1, 0.15) is 11.1 Å². The van der Waals surface area contributed by atoms with Gasteiger partial charge >= 0.3 is 11.8 Å². The molecule has 0 heterocycles. The van der Waals surface area contributed by atoms with Crippen LogP contribution < -0.4 is 15.4 Å². The monoisotopic (exact) mass is 298 g/mol. The van der Waals surface area contributed by atoms with Gasteiger partial charge in [-0.1, -0.05) is 18.2 Å². The van der Waals surface area contributed by atoms with Crippen molar-refractivity contribution in [2.45, 2.75) is 13.8 Å². The van der Waals surface area contributed by atoms with Gasteiger partial charge in [0.05, 0.1) is 12.8 Å². The highest BCUT2D eigenvalue weighted by Crippen LogP contribution is 2.23. The molecule has 5 nitrogen and oxygen atoms in total. The van der Waals surface area contributed by atoms with E-state index in [-0.39, 0.29) is 0 Å². The average molecular weight is 298 g/mol. The first-order chi connectivity index (χ1) is 10.5. The second-order valence-corrected chi connectivity index (χ2v) is 4.98. The minimum Gasteiger partial charge on any atom is -0.495 e. The van der Waals surface area contributed by atoms with Crippen LogP contribution in [0.4, 0.5) is 11.4 Å². The average Bonchev–Trinajstić information content (AvgIpc) is 2.46. The summed E-state index contributed by atoms with van der Waals surface area (Å²) < 4.78 is 5.13. The van der Waals surface area contributed by atoms with Crippen molar-refractivity contribution >= 4 is 23.2 Å². The normalized spacial score (nSPS) is 9.95. The van der Waals surface area contributed by atoms with Crippen LogP contribution in [-0.2, 0) is 9.59 Å². The van der Waals surface area contributed by atoms with E-state index in [9.17, 15) is 9.59 Å². The van der Waals surface area contributed by atoms with Crippen LogP contribution >= 0.6 is 0 Å². The number of hydrogen-bond acceptors (Lipinski definition) is 3. The molecule has 5 heteroatoms. The maximum atomic E-state index is 12.0. The number of carbonyl (C=O) groups is 2. The molecule has 0 aliphatic carbocycles. The number of hydrogen-bond donors (Lipinski definition) is 2. The number of rotatable bonds is 3. The van der Waals surface area contributed by atoms with Crippen molar-refractivity contribution in [2.75, 3.05) is 17.7 Å². The minimum atomic E-state index is -0.747. The molecule has 0 saturated carbocycles. The molecular formula is C17H18N2O3. The van der Waals surface area contributed by atoms with Crippen LogP contribution in [0.5, 0.6) is 5.75 Å². The smallest absolute Gasteiger partial charge is 0.314 e. The van der Waals surface area contributed by atoms with Crippen molar-refractivity contribution in [2.24, 2.45) is 0 Å². The molecule has 0 spiro atoms. The lowest BCUT2D eigenvalue weighted by atomic mass is 10.1. The first kappa shape index (κ1) is 15.6. The first-order valence-corrected chi connectivity index (χ1v) is 6.83. The zero-order valence-electron chi connectivity index (χ0n) is 12.8. The molecule has 0 saturated heterocycles. The molecule has 0 atom stereocenters. The Morgan fingerprint density at radius 2 is 1.50 bits per heavy atom. The van der Waals surface area contributed by atoms with Crippen LogP contribution in [0.2, 0.25) is 0 Å². The molecule has 0 unspecified atom stereocenters. The van der Waals surface area contributed by atoms with Crippen molar-refractivity contribution in [3.8, 4) is 5.75 Å². The predicted octanol–water partition coefficient (Wildman–Crippen LogP) is 2.89. The molecule has 0 aliphatic heterocycles. The van der Waals surface area contributed by atoms with Gasteiger partial charge in [-0.2, -0.15) is 0 Å². The molecule has 2 N–H and O–H groups in total. The standard InChI is InChI=1S/C17H18N2O3/c1-11-8-12(2)10-13(9-11)18-16(20)17(21)19-14-6-4-5-7-15(14)22-3/h4-10H,1-3H3,(H,18,20)(H,19,21). The van der Waals surface area contributed by atoms with E-state index in [1.165, 1.54) is 7.11 Å². The zero-order chi connectivity index (χ0) is 16.1. The molecule has 2 rings (SSSR count). The summed E-state index contributed by atoms with van der Waals surface area (Å²) >= 11 is 0. The second kappa shape index (κ2) is 6.76. The summed E-state index contributed by atoms with van der Waals surface area (Å²) in [5, 5.41) is 5.12. The number of carbonyl (C=O) groups excluding carboxylic acids is 2. The van der Waals surface area contributed by atoms with Crippen molar-refractivity contribution < 1.29 is 14.3 Å². The number of anilines is 2. The van der Waals surface area contributed by atoms with Crippen LogP contribution in [0.15, 0.2) is 42.5 Å². The Morgan fingerprint density at radius 3 is 2.14 bits per heavy atom. The molecule has 114 valence electrons. The van der Waals surface area contributed by atoms with E-state index in [0.717, 1.165) is 11.1 Å². The van der Waals surface area contributed by atoms with Gasteiger partial charge in [-0.05, 0) is 49.2 Å². The van der Waals surface area contributed by atoms with Gasteiger partial charge in [-0.25, -0.2) is 0 Å². The summed E-state index contributed by atoms with van der Waals surface area (Å²) in [4.78, 5) is 24.0. The lowest BCUT2D eigenvalue weighted by Crippen LogP contribution is -2.29. The third kappa shape index (κ3) is 3.85. The van der Waals surface area contributed by atoms with Crippen LogP contribution in [-0.4, -0.2) is 18.9 Å². The Hall–Kier alpha value is -2.82. The van der Waals surface area contributed by atoms with Crippen molar-refractivity contribution in [1.82, 2.24) is 0 Å². The van der Waals surface area contributed by atoms with E-state index >= 15 is 0 Å². The summed E-state index contributed by atoms with van der Waals surface area (Å²) in [6.45, 7) is 3.86. The lowest BCUT2D eigenvalue weighted by molar-refractivity contribution is -0.133. The number of nitrogens with one attached hydrogen (secondary N) is 2. The third-order valence-electron chi connectivity index (χ3n) is 3.04. The van der Waals surface area contributed by atoms with Gasteiger partial charge in [-0.15, -0.1) is 0 Å². The Morgan fingerprint density at radius 1 is 0.909 bits per heavy atom. The van der Waals surface area contributed by atoms with Gasteiger partial charge in [0.25, 0.3) is 0 Å². The molecule has 22 heavy (non-hydrogen) atoms. The molecule has 0 bridgehead atoms. The summed E-state index contributed by atoms with van der Waals surface area (Å²) in [6.07, 6.45) is 0. The van der Waals surface area contributed by atoms with Gasteiger partial charge in [0.15, 0.2) is 0 Å². The van der Waals surface area contributed by atoms with Gasteiger partial charge in [0.1, 0.15) is 5.75 Å². The van der Waals surface area contributed by atoms with Gasteiger partial charge in [-0.3, -0.25) is 9.59 Å². The molecule has 0 aliphatic rings. The van der Waals surface area contributed by atoms with Crippen LogP contribution in [0.25, 0.3) is 0 Å². The van der Waals surface area contributed by atoms with Crippen molar-refractivity contribution in [3.05, 3.63) is 53.6 Å². The molecule has 0 radical (unpaired) electrons. The number of methoxy groups -OCH3 is 1. The number of ether oxygens (including phenoxy) is 1. The van der Waals surface area contributed by atoms with Gasteiger partial charge in [0.2, 0.25) is 0 Å². The number of amides is 2. The Labute approximate surface area is 129 Å². The molecule has 2 amide bonds. The third-order valence-corrected chi connectivity index (χ3v) is 3.04. The molecule has 0 fully saturated rings. The van der Waals surface area contributed by atoms with E-state index < -0.39 is 11.8 Å². The zero-order valence-corrected chi connectivity index (χ0v) is 12.8. The van der Waals surface area contributed by atoms with E-state index in [2.05, 4.69) is 10.6 Å². The Bertz CT molecular complexity index is 691. The van der Waals surface area contributed by atoms with Crippen LogP contribution in [0, 0.1) is 13.8 Å². The summed E-state index contributed by atoms with van der Waals surface area (Å²) in [5.41, 5.74) is 3.07. The molecule has 2 aromatic carbocycles. The topological polar surface area (TPSA) is 67.4 Å². The molecule has 2 aromatic rings. The SMILES string of the molecule is COc1ccccc1NC(=O)C(=O)Nc1cc(C)cc(C)c1. The summed E-state index contributed by atoms with van der Waals surface area (Å²) in [6, 6.07) is 12.5. The quantitative estimate of drug-likeness (QED) is 0.856. The van der Waals surface area contributed by atoms with Crippen molar-refractivity contribution in [1.29, 1.82) is 0 Å². The minimum absolute atomic E-state index is 0.450. The fraction of sp³-hybridized carbons (Fsp3) is 0.176. The van der Waals surface area contributed by atoms with Gasteiger partial charge in [0, 0.05) is 5.69 Å². The maximum absolute atomic E-state index is 12.0. The van der Waals surface area contributed by atoms with Crippen LogP contribution in [0.3, 0.4) is 0 Å². The lowest BCUT2D eigenvalue weighted by Gasteiger charge is -2.10. The van der Waals surface area contributed by atoms with Gasteiger partial charge < -0.3 is 15.4 Å². The Kier molecular flexibility index (Phi) is 4.78. The van der Waals surface area contributed by atoms with E-state index in [1.54, 1.807) is 36.4 Å². The summed E-state index contributed by atoms with van der Waals surface area (Å²) in [5.74, 6) is -0.977. The second-order valence-electron chi connectivity index (χ2n) is 4.98. The highest BCUT2D eigenvalue weighted by molar-refractivity contribution is 6.43. The van der Waals surface area contributed by atoms with E-state index in [1.807, 2.05) is 19.9 Å². The van der Waals surface area contributed by atoms with E-state index in [0.29, 0.717) is 17.1 Å². The molecule has 0 aromatic heterocycles. The van der Waals surface area contributed by atoms with Crippen molar-refractivity contribution in [3.63, 3.8) is 0 Å².